The number of amides is 2. The predicted octanol–water partition coefficient (Wildman–Crippen LogP) is 7.06. The number of hydrogen-bond acceptors (Lipinski definition) is 10. The number of rotatable bonds is 10. The normalized spacial score (nSPS) is 22.5. The Bertz CT molecular complexity index is 1400. The second kappa shape index (κ2) is 23.6. The van der Waals surface area contributed by atoms with Gasteiger partial charge in [-0.1, -0.05) is 79.9 Å². The fraction of sp³-hybridized carbons (Fsp3) is 0.619. The van der Waals surface area contributed by atoms with Crippen LogP contribution in [-0.2, 0) is 46.5 Å². The van der Waals surface area contributed by atoms with Crippen molar-refractivity contribution in [2.45, 2.75) is 115 Å². The molecule has 0 spiro atoms. The third kappa shape index (κ3) is 15.7. The van der Waals surface area contributed by atoms with Crippen LogP contribution >= 0.6 is 0 Å². The smallest absolute Gasteiger partial charge is 0.410 e. The number of hydrogen-bond donors (Lipinski definition) is 1. The van der Waals surface area contributed by atoms with Crippen molar-refractivity contribution >= 4 is 24.1 Å². The molecule has 12 nitrogen and oxygen atoms in total. The highest BCUT2D eigenvalue weighted by Gasteiger charge is 2.32. The number of nitrogens with zero attached hydrogens (tertiary/aromatic N) is 2. The van der Waals surface area contributed by atoms with Gasteiger partial charge in [-0.2, -0.15) is 0 Å². The Balaban J connectivity index is 0.000000203. The SMILES string of the molecule is COC(=O)CC1CCC(OC2CCN(C(=O)OCc3ccccc3)C2)CC1.COC(=O)CC1CCCCC1.O=C(OCc1ccccc1)N1CCC(O)C1. The van der Waals surface area contributed by atoms with Gasteiger partial charge in [-0.3, -0.25) is 9.59 Å². The molecule has 2 aliphatic heterocycles. The van der Waals surface area contributed by atoms with E-state index in [-0.39, 0.29) is 42.9 Å². The molecule has 4 fully saturated rings. The summed E-state index contributed by atoms with van der Waals surface area (Å²) in [5.74, 6) is 0.846. The second-order valence-corrected chi connectivity index (χ2v) is 14.7. The molecule has 0 bridgehead atoms. The van der Waals surface area contributed by atoms with Gasteiger partial charge < -0.3 is 38.6 Å². The number of aliphatic hydroxyl groups is 1. The third-order valence-corrected chi connectivity index (χ3v) is 10.5. The summed E-state index contributed by atoms with van der Waals surface area (Å²) in [6.45, 7) is 2.81. The van der Waals surface area contributed by atoms with Crippen LogP contribution in [-0.4, -0.2) is 97.7 Å². The van der Waals surface area contributed by atoms with E-state index in [1.54, 1.807) is 4.90 Å². The Morgan fingerprint density at radius 2 is 1.07 bits per heavy atom. The molecule has 2 aromatic carbocycles. The van der Waals surface area contributed by atoms with Gasteiger partial charge in [-0.05, 0) is 74.3 Å². The summed E-state index contributed by atoms with van der Waals surface area (Å²) < 4.78 is 26.1. The molecule has 0 aromatic heterocycles. The number of esters is 2. The van der Waals surface area contributed by atoms with Gasteiger partial charge in [0.2, 0.25) is 0 Å². The van der Waals surface area contributed by atoms with Gasteiger partial charge >= 0.3 is 24.1 Å². The van der Waals surface area contributed by atoms with Crippen LogP contribution in [0.15, 0.2) is 60.7 Å². The van der Waals surface area contributed by atoms with E-state index >= 15 is 0 Å². The Morgan fingerprint density at radius 1 is 0.593 bits per heavy atom. The van der Waals surface area contributed by atoms with E-state index < -0.39 is 6.10 Å². The van der Waals surface area contributed by atoms with E-state index in [9.17, 15) is 24.3 Å². The maximum atomic E-state index is 12.2. The molecular formula is C42H60N2O10. The molecule has 2 saturated heterocycles. The maximum Gasteiger partial charge on any atom is 0.410 e. The predicted molar refractivity (Wildman–Crippen MR) is 202 cm³/mol. The van der Waals surface area contributed by atoms with E-state index in [0.717, 1.165) is 43.2 Å². The Hall–Kier alpha value is -4.16. The van der Waals surface area contributed by atoms with Crippen LogP contribution in [0, 0.1) is 11.8 Å². The molecule has 0 radical (unpaired) electrons. The first-order chi connectivity index (χ1) is 26.2. The van der Waals surface area contributed by atoms with Crippen LogP contribution in [0.1, 0.15) is 94.6 Å². The lowest BCUT2D eigenvalue weighted by molar-refractivity contribution is -0.143. The van der Waals surface area contributed by atoms with Crippen molar-refractivity contribution in [1.29, 1.82) is 0 Å². The molecule has 2 saturated carbocycles. The molecule has 298 valence electrons. The minimum atomic E-state index is -0.399. The van der Waals surface area contributed by atoms with E-state index in [0.29, 0.717) is 63.9 Å². The summed E-state index contributed by atoms with van der Waals surface area (Å²) in [4.78, 5) is 49.3. The van der Waals surface area contributed by atoms with Crippen molar-refractivity contribution in [2.24, 2.45) is 11.8 Å². The van der Waals surface area contributed by atoms with Crippen molar-refractivity contribution in [1.82, 2.24) is 9.80 Å². The van der Waals surface area contributed by atoms with E-state index in [4.69, 9.17) is 18.9 Å². The molecule has 2 aromatic rings. The van der Waals surface area contributed by atoms with Crippen LogP contribution in [0.25, 0.3) is 0 Å². The summed E-state index contributed by atoms with van der Waals surface area (Å²) in [6.07, 6.45) is 12.2. The molecule has 54 heavy (non-hydrogen) atoms. The average molecular weight is 753 g/mol. The number of carbonyl (C=O) groups is 4. The number of β-amino-alcohol motifs (C(OH)–C–C–N with tert-alkyl or cyclic N) is 1. The van der Waals surface area contributed by atoms with Gasteiger partial charge in [0, 0.05) is 32.5 Å². The van der Waals surface area contributed by atoms with E-state index in [1.165, 1.54) is 51.2 Å². The number of ether oxygens (including phenoxy) is 5. The molecule has 2 atom stereocenters. The fourth-order valence-corrected chi connectivity index (χ4v) is 7.31. The zero-order valence-electron chi connectivity index (χ0n) is 32.1. The lowest BCUT2D eigenvalue weighted by atomic mass is 9.85. The van der Waals surface area contributed by atoms with Crippen LogP contribution in [0.3, 0.4) is 0 Å². The van der Waals surface area contributed by atoms with Crippen LogP contribution in [0.2, 0.25) is 0 Å². The van der Waals surface area contributed by atoms with Gasteiger partial charge in [-0.25, -0.2) is 9.59 Å². The first-order valence-electron chi connectivity index (χ1n) is 19.6. The summed E-state index contributed by atoms with van der Waals surface area (Å²) >= 11 is 0. The maximum absolute atomic E-state index is 12.2. The van der Waals surface area contributed by atoms with Gasteiger partial charge in [0.15, 0.2) is 0 Å². The summed E-state index contributed by atoms with van der Waals surface area (Å²) in [5.41, 5.74) is 1.96. The van der Waals surface area contributed by atoms with Crippen molar-refractivity contribution < 1.29 is 48.0 Å². The van der Waals surface area contributed by atoms with Crippen LogP contribution < -0.4 is 0 Å². The molecule has 2 aliphatic carbocycles. The molecule has 12 heteroatoms. The summed E-state index contributed by atoms with van der Waals surface area (Å²) in [5, 5.41) is 9.28. The largest absolute Gasteiger partial charge is 0.469 e. The minimum absolute atomic E-state index is 0.0445. The number of aliphatic hydroxyl groups excluding tert-OH is 1. The molecular weight excluding hydrogens is 692 g/mol. The Kier molecular flexibility index (Phi) is 18.6. The fourth-order valence-electron chi connectivity index (χ4n) is 7.31. The van der Waals surface area contributed by atoms with Gasteiger partial charge in [0.05, 0.1) is 39.1 Å². The van der Waals surface area contributed by atoms with Gasteiger partial charge in [-0.15, -0.1) is 0 Å². The highest BCUT2D eigenvalue weighted by molar-refractivity contribution is 5.70. The van der Waals surface area contributed by atoms with Crippen molar-refractivity contribution in [3.05, 3.63) is 71.8 Å². The molecule has 2 heterocycles. The Labute approximate surface area is 320 Å². The molecule has 2 amide bonds. The van der Waals surface area contributed by atoms with E-state index in [2.05, 4.69) is 4.74 Å². The highest BCUT2D eigenvalue weighted by atomic mass is 16.6. The van der Waals surface area contributed by atoms with E-state index in [1.807, 2.05) is 60.7 Å². The van der Waals surface area contributed by atoms with Gasteiger partial charge in [0.25, 0.3) is 0 Å². The topological polar surface area (TPSA) is 141 Å². The number of benzene rings is 2. The quantitative estimate of drug-likeness (QED) is 0.198. The zero-order chi connectivity index (χ0) is 38.5. The minimum Gasteiger partial charge on any atom is -0.469 e. The molecule has 4 aliphatic rings. The Morgan fingerprint density at radius 3 is 1.56 bits per heavy atom. The number of likely N-dealkylation sites (tertiary alicyclic amines) is 2. The first-order valence-corrected chi connectivity index (χ1v) is 19.6. The molecule has 2 unspecified atom stereocenters. The number of carbonyl (C=O) groups excluding carboxylic acids is 4. The standard InChI is InChI=1S/C21H29NO5.C12H15NO3.C9H16O2/c1-25-20(23)13-16-7-9-18(10-8-16)27-19-11-12-22(14-19)21(24)26-15-17-5-3-2-4-6-17;14-11-6-7-13(8-11)12(15)16-9-10-4-2-1-3-5-10;1-11-9(10)7-8-5-3-2-4-6-8/h2-6,16,18-19H,7-15H2,1H3;1-5,11,14H,6-9H2;8H,2-7H2,1H3. The van der Waals surface area contributed by atoms with Crippen LogP contribution in [0.4, 0.5) is 9.59 Å². The lowest BCUT2D eigenvalue weighted by Crippen LogP contribution is -2.33. The average Bonchev–Trinajstić information content (AvgIpc) is 3.87. The van der Waals surface area contributed by atoms with Crippen molar-refractivity contribution in [3.63, 3.8) is 0 Å². The molecule has 1 N–H and O–H groups in total. The third-order valence-electron chi connectivity index (χ3n) is 10.5. The number of methoxy groups -OCH3 is 2. The second-order valence-electron chi connectivity index (χ2n) is 14.7. The highest BCUT2D eigenvalue weighted by Crippen LogP contribution is 2.31. The zero-order valence-corrected chi connectivity index (χ0v) is 32.1. The van der Waals surface area contributed by atoms with Gasteiger partial charge in [0.1, 0.15) is 13.2 Å². The first kappa shape index (κ1) is 42.6. The monoisotopic (exact) mass is 752 g/mol. The van der Waals surface area contributed by atoms with Crippen molar-refractivity contribution in [2.75, 3.05) is 40.4 Å². The summed E-state index contributed by atoms with van der Waals surface area (Å²) in [6, 6.07) is 19.2. The lowest BCUT2D eigenvalue weighted by Gasteiger charge is -2.30. The van der Waals surface area contributed by atoms with Crippen LogP contribution in [0.5, 0.6) is 0 Å². The summed E-state index contributed by atoms with van der Waals surface area (Å²) in [7, 11) is 2.90. The molecule has 6 rings (SSSR count). The van der Waals surface area contributed by atoms with Crippen molar-refractivity contribution in [3.8, 4) is 0 Å².